The second kappa shape index (κ2) is 10.8. The zero-order valence-corrected chi connectivity index (χ0v) is 21.7. The molecule has 1 aliphatic carbocycles. The highest BCUT2D eigenvalue weighted by Gasteiger charge is 2.40. The number of alkyl halides is 2. The predicted molar refractivity (Wildman–Crippen MR) is 143 cm³/mol. The van der Waals surface area contributed by atoms with Crippen molar-refractivity contribution >= 4 is 23.3 Å². The number of benzene rings is 2. The summed E-state index contributed by atoms with van der Waals surface area (Å²) in [7, 11) is 0. The van der Waals surface area contributed by atoms with Gasteiger partial charge in [-0.2, -0.15) is 8.78 Å². The number of amides is 1. The van der Waals surface area contributed by atoms with Crippen LogP contribution in [0, 0.1) is 11.7 Å². The second-order valence-electron chi connectivity index (χ2n) is 10.3. The first kappa shape index (κ1) is 26.6. The van der Waals surface area contributed by atoms with Gasteiger partial charge in [-0.15, -0.1) is 10.2 Å². The summed E-state index contributed by atoms with van der Waals surface area (Å²) in [5.74, 6) is -2.26. The van der Waals surface area contributed by atoms with E-state index in [1.807, 2.05) is 30.3 Å². The van der Waals surface area contributed by atoms with Gasteiger partial charge in [-0.25, -0.2) is 9.18 Å². The number of aromatic nitrogens is 2. The molecule has 6 rings (SSSR count). The van der Waals surface area contributed by atoms with Crippen LogP contribution in [0.3, 0.4) is 0 Å². The number of hydrogen-bond acceptors (Lipinski definition) is 7. The van der Waals surface area contributed by atoms with Crippen LogP contribution >= 0.6 is 0 Å². The summed E-state index contributed by atoms with van der Waals surface area (Å²) in [5, 5.41) is 19.8. The third kappa shape index (κ3) is 5.17. The summed E-state index contributed by atoms with van der Waals surface area (Å²) in [4.78, 5) is 28.7. The topological polar surface area (TPSA) is 112 Å². The number of fused-ring (bicyclic) bond motifs is 1. The molecule has 3 unspecified atom stereocenters. The lowest BCUT2D eigenvalue weighted by molar-refractivity contribution is -0.118. The van der Waals surface area contributed by atoms with E-state index in [0.29, 0.717) is 31.5 Å². The van der Waals surface area contributed by atoms with E-state index in [-0.39, 0.29) is 41.4 Å². The molecule has 0 radical (unpaired) electrons. The van der Waals surface area contributed by atoms with Crippen LogP contribution in [0.5, 0.6) is 0 Å². The minimum Gasteiger partial charge on any atom is -0.465 e. The van der Waals surface area contributed by atoms with Crippen molar-refractivity contribution in [1.82, 2.24) is 15.1 Å². The van der Waals surface area contributed by atoms with Crippen LogP contribution < -0.4 is 10.2 Å². The van der Waals surface area contributed by atoms with Gasteiger partial charge in [0.25, 0.3) is 5.89 Å². The molecule has 1 saturated heterocycles. The first-order chi connectivity index (χ1) is 19.8. The Morgan fingerprint density at radius 2 is 2.02 bits per heavy atom. The Balaban J connectivity index is 1.16. The van der Waals surface area contributed by atoms with E-state index in [0.717, 1.165) is 17.4 Å². The number of anilines is 2. The largest absolute Gasteiger partial charge is 0.465 e. The lowest BCUT2D eigenvalue weighted by Crippen LogP contribution is -2.46. The summed E-state index contributed by atoms with van der Waals surface area (Å²) in [6, 6.07) is 11.9. The molecule has 3 atom stereocenters. The summed E-state index contributed by atoms with van der Waals surface area (Å²) >= 11 is 0. The smallest absolute Gasteiger partial charge is 0.407 e. The molecule has 3 aliphatic rings. The van der Waals surface area contributed by atoms with Crippen molar-refractivity contribution in [2.24, 2.45) is 5.92 Å². The molecule has 1 fully saturated rings. The van der Waals surface area contributed by atoms with Gasteiger partial charge in [0.1, 0.15) is 12.0 Å². The molecule has 3 aromatic rings. The molecule has 2 N–H and O–H groups in total. The fourth-order valence-electron chi connectivity index (χ4n) is 5.76. The van der Waals surface area contributed by atoms with E-state index in [4.69, 9.17) is 4.42 Å². The molecule has 0 spiro atoms. The number of halogens is 3. The van der Waals surface area contributed by atoms with E-state index in [1.54, 1.807) is 12.2 Å². The van der Waals surface area contributed by atoms with Crippen molar-refractivity contribution in [2.45, 2.75) is 37.9 Å². The number of carboxylic acid groups (broad SMARTS) is 1. The van der Waals surface area contributed by atoms with Gasteiger partial charge >= 0.3 is 12.5 Å². The van der Waals surface area contributed by atoms with E-state index < -0.39 is 30.1 Å². The zero-order chi connectivity index (χ0) is 28.7. The van der Waals surface area contributed by atoms with Crippen LogP contribution in [0.15, 0.2) is 70.7 Å². The minimum absolute atomic E-state index is 0.0341. The Hall–Kier alpha value is -4.61. The normalized spacial score (nSPS) is 21.8. The molecule has 0 bridgehead atoms. The molecule has 1 amide bonds. The van der Waals surface area contributed by atoms with E-state index in [2.05, 4.69) is 20.4 Å². The first-order valence-electron chi connectivity index (χ1n) is 13.2. The third-order valence-corrected chi connectivity index (χ3v) is 7.75. The van der Waals surface area contributed by atoms with Gasteiger partial charge in [0.05, 0.1) is 17.4 Å². The number of nitrogens with zero attached hydrogens (tertiary/aromatic N) is 4. The van der Waals surface area contributed by atoms with E-state index >= 15 is 4.39 Å². The molecule has 2 aliphatic heterocycles. The minimum atomic E-state index is -2.93. The Morgan fingerprint density at radius 3 is 2.76 bits per heavy atom. The maximum Gasteiger partial charge on any atom is 0.407 e. The molecule has 1 aromatic heterocycles. The van der Waals surface area contributed by atoms with E-state index in [9.17, 15) is 23.5 Å². The van der Waals surface area contributed by atoms with Gasteiger partial charge < -0.3 is 24.6 Å². The van der Waals surface area contributed by atoms with Crippen molar-refractivity contribution in [2.75, 3.05) is 23.3 Å². The number of allylic oxidation sites excluding steroid dienone is 4. The number of hydrogen-bond donors (Lipinski definition) is 2. The van der Waals surface area contributed by atoms with Gasteiger partial charge in [0.15, 0.2) is 5.78 Å². The molecule has 212 valence electrons. The van der Waals surface area contributed by atoms with Crippen LogP contribution in [-0.2, 0) is 11.2 Å². The average Bonchev–Trinajstić information content (AvgIpc) is 3.70. The Morgan fingerprint density at radius 1 is 1.20 bits per heavy atom. The molecular formula is C29H26F3N5O4. The number of rotatable bonds is 7. The predicted octanol–water partition coefficient (Wildman–Crippen LogP) is 5.44. The molecule has 3 heterocycles. The Bertz CT molecular complexity index is 1550. The van der Waals surface area contributed by atoms with Crippen LogP contribution in [0.2, 0.25) is 0 Å². The number of nitrogens with one attached hydrogen (secondary N) is 1. The fourth-order valence-corrected chi connectivity index (χ4v) is 5.76. The van der Waals surface area contributed by atoms with Gasteiger partial charge in [0.2, 0.25) is 5.89 Å². The van der Waals surface area contributed by atoms with Crippen LogP contribution in [-0.4, -0.2) is 57.4 Å². The average molecular weight is 566 g/mol. The second-order valence-corrected chi connectivity index (χ2v) is 10.3. The van der Waals surface area contributed by atoms with Crippen molar-refractivity contribution in [3.8, 4) is 11.5 Å². The monoisotopic (exact) mass is 565 g/mol. The molecule has 0 saturated carbocycles. The number of para-hydroxylation sites is 2. The highest BCUT2D eigenvalue weighted by molar-refractivity contribution is 6.00. The zero-order valence-electron chi connectivity index (χ0n) is 21.7. The number of ketones is 1. The molecule has 41 heavy (non-hydrogen) atoms. The molecule has 2 aromatic carbocycles. The molecule has 12 heteroatoms. The molecular weight excluding hydrogens is 539 g/mol. The van der Waals surface area contributed by atoms with Gasteiger partial charge in [-0.05, 0) is 42.7 Å². The van der Waals surface area contributed by atoms with Gasteiger partial charge in [0, 0.05) is 36.6 Å². The summed E-state index contributed by atoms with van der Waals surface area (Å²) in [6.07, 6.45) is 2.38. The van der Waals surface area contributed by atoms with Crippen LogP contribution in [0.4, 0.5) is 29.3 Å². The fraction of sp³-hybridized carbons (Fsp3) is 0.310. The summed E-state index contributed by atoms with van der Waals surface area (Å²) in [5.41, 5.74) is 2.78. The highest BCUT2D eigenvalue weighted by atomic mass is 19.3. The Kier molecular flexibility index (Phi) is 6.98. The standard InChI is InChI=1S/C29H26F3N5O4/c30-21-13-19(27-34-35-28(41-27)26(31)32)9-8-16(21)12-17-4-3-5-18(25(17)38)14-24-33-22-6-1-2-7-23(22)37(24)20-10-11-36(15-20)29(39)40/h1-9,13,18,20,24,26,33H,10-12,14-15H2,(H,39,40). The lowest BCUT2D eigenvalue weighted by atomic mass is 9.86. The number of carbonyl (C=O) groups is 2. The van der Waals surface area contributed by atoms with E-state index in [1.165, 1.54) is 17.0 Å². The van der Waals surface area contributed by atoms with Crippen molar-refractivity contribution in [3.63, 3.8) is 0 Å². The maximum absolute atomic E-state index is 15.0. The molecule has 9 nitrogen and oxygen atoms in total. The number of likely N-dealkylation sites (tertiary alicyclic amines) is 1. The first-order valence-corrected chi connectivity index (χ1v) is 13.2. The Labute approximate surface area is 233 Å². The van der Waals surface area contributed by atoms with Crippen molar-refractivity contribution in [3.05, 3.63) is 83.5 Å². The summed E-state index contributed by atoms with van der Waals surface area (Å²) in [6.45, 7) is 0.828. The van der Waals surface area contributed by atoms with Crippen molar-refractivity contribution in [1.29, 1.82) is 0 Å². The summed E-state index contributed by atoms with van der Waals surface area (Å²) < 4.78 is 45.4. The van der Waals surface area contributed by atoms with Crippen LogP contribution in [0.25, 0.3) is 11.5 Å². The number of Topliss-reactive ketones (excluding diaryl/α,β-unsaturated/α-hetero) is 1. The highest BCUT2D eigenvalue weighted by Crippen LogP contribution is 2.40. The van der Waals surface area contributed by atoms with Gasteiger partial charge in [-0.1, -0.05) is 36.4 Å². The third-order valence-electron chi connectivity index (χ3n) is 7.75. The van der Waals surface area contributed by atoms with Gasteiger partial charge in [-0.3, -0.25) is 4.79 Å². The quantitative estimate of drug-likeness (QED) is 0.390. The maximum atomic E-state index is 15.0. The van der Waals surface area contributed by atoms with Crippen molar-refractivity contribution < 1.29 is 32.3 Å². The lowest BCUT2D eigenvalue weighted by Gasteiger charge is -2.34. The SMILES string of the molecule is O=C1C(Cc2ccc(-c3nnc(C(F)F)o3)cc2F)=CC=CC1CC1Nc2ccccc2N1C1CCN(C(=O)O)C1. The number of carbonyl (C=O) groups excluding carboxylic acids is 1. The van der Waals surface area contributed by atoms with Crippen LogP contribution in [0.1, 0.15) is 30.7 Å².